The number of phenols is 1. The van der Waals surface area contributed by atoms with Gasteiger partial charge in [-0.25, -0.2) is 4.39 Å². The lowest BCUT2D eigenvalue weighted by Crippen LogP contribution is -2.19. The minimum Gasteiger partial charge on any atom is -0.506 e. The maximum Gasteiger partial charge on any atom is 0.135 e. The number of phenolic OH excluding ortho intramolecular Hbond substituents is 1. The van der Waals surface area contributed by atoms with Crippen molar-refractivity contribution in [3.8, 4) is 5.75 Å². The molecule has 4 heteroatoms. The normalized spacial score (nSPS) is 18.7. The molecule has 1 saturated carbocycles. The Balaban J connectivity index is 2.56. The number of nitrogens with two attached hydrogens (primary N) is 1. The molecule has 0 amide bonds. The second-order valence-electron chi connectivity index (χ2n) is 3.44. The summed E-state index contributed by atoms with van der Waals surface area (Å²) >= 11 is 3.07. The van der Waals surface area contributed by atoms with Gasteiger partial charge in [-0.3, -0.25) is 0 Å². The first kappa shape index (κ1) is 8.97. The molecule has 0 heterocycles. The van der Waals surface area contributed by atoms with Crippen molar-refractivity contribution in [1.82, 2.24) is 0 Å². The van der Waals surface area contributed by atoms with Gasteiger partial charge in [0, 0.05) is 11.1 Å². The molecule has 0 spiro atoms. The summed E-state index contributed by atoms with van der Waals surface area (Å²) in [6, 6.07) is 2.53. The second-order valence-corrected chi connectivity index (χ2v) is 4.29. The predicted molar refractivity (Wildman–Crippen MR) is 50.9 cm³/mol. The van der Waals surface area contributed by atoms with E-state index in [2.05, 4.69) is 15.9 Å². The smallest absolute Gasteiger partial charge is 0.135 e. The summed E-state index contributed by atoms with van der Waals surface area (Å²) in [6.45, 7) is 0. The van der Waals surface area contributed by atoms with Gasteiger partial charge in [-0.1, -0.05) is 0 Å². The highest BCUT2D eigenvalue weighted by molar-refractivity contribution is 9.10. The molecule has 2 nitrogen and oxygen atoms in total. The number of aromatic hydroxyl groups is 1. The van der Waals surface area contributed by atoms with E-state index in [1.807, 2.05) is 0 Å². The molecular weight excluding hydrogens is 237 g/mol. The molecule has 2 rings (SSSR count). The third kappa shape index (κ3) is 1.44. The van der Waals surface area contributed by atoms with E-state index in [4.69, 9.17) is 5.73 Å². The summed E-state index contributed by atoms with van der Waals surface area (Å²) < 4.78 is 13.3. The van der Waals surface area contributed by atoms with Gasteiger partial charge in [0.05, 0.1) is 4.47 Å². The quantitative estimate of drug-likeness (QED) is 0.798. The molecule has 0 radical (unpaired) electrons. The Kier molecular flexibility index (Phi) is 1.85. The van der Waals surface area contributed by atoms with Gasteiger partial charge in [0.1, 0.15) is 11.6 Å². The molecule has 1 fully saturated rings. The Bertz CT molecular complexity index is 363. The van der Waals surface area contributed by atoms with Crippen LogP contribution in [-0.4, -0.2) is 5.11 Å². The molecule has 1 aliphatic carbocycles. The van der Waals surface area contributed by atoms with Gasteiger partial charge in [0.2, 0.25) is 0 Å². The maximum absolute atomic E-state index is 13.0. The van der Waals surface area contributed by atoms with Gasteiger partial charge in [-0.15, -0.1) is 0 Å². The first-order chi connectivity index (χ1) is 6.03. The molecule has 70 valence electrons. The molecule has 13 heavy (non-hydrogen) atoms. The first-order valence-electron chi connectivity index (χ1n) is 4.00. The highest BCUT2D eigenvalue weighted by Gasteiger charge is 2.42. The van der Waals surface area contributed by atoms with Crippen LogP contribution in [0.15, 0.2) is 16.6 Å². The number of rotatable bonds is 1. The molecule has 0 aromatic heterocycles. The Morgan fingerprint density at radius 1 is 1.46 bits per heavy atom. The molecule has 1 aromatic rings. The fraction of sp³-hybridized carbons (Fsp3) is 0.333. The lowest BCUT2D eigenvalue weighted by Gasteiger charge is -2.12. The molecule has 3 N–H and O–H groups in total. The van der Waals surface area contributed by atoms with Gasteiger partial charge >= 0.3 is 0 Å². The van der Waals surface area contributed by atoms with Gasteiger partial charge in [-0.2, -0.15) is 0 Å². The van der Waals surface area contributed by atoms with Crippen molar-refractivity contribution in [3.05, 3.63) is 28.0 Å². The van der Waals surface area contributed by atoms with Gasteiger partial charge < -0.3 is 10.8 Å². The lowest BCUT2D eigenvalue weighted by atomic mass is 10.0. The van der Waals surface area contributed by atoms with Crippen LogP contribution in [0.5, 0.6) is 5.75 Å². The number of hydrogen-bond donors (Lipinski definition) is 2. The van der Waals surface area contributed by atoms with E-state index in [9.17, 15) is 9.50 Å². The third-order valence-corrected chi connectivity index (χ3v) is 2.96. The van der Waals surface area contributed by atoms with Gasteiger partial charge in [-0.05, 0) is 40.9 Å². The minimum atomic E-state index is -0.505. The largest absolute Gasteiger partial charge is 0.506 e. The third-order valence-electron chi connectivity index (χ3n) is 2.35. The van der Waals surface area contributed by atoms with E-state index in [0.717, 1.165) is 12.8 Å². The molecule has 1 aromatic carbocycles. The average Bonchev–Trinajstić information content (AvgIpc) is 2.77. The topological polar surface area (TPSA) is 46.2 Å². The molecule has 0 unspecified atom stereocenters. The highest BCUT2D eigenvalue weighted by Crippen LogP contribution is 2.48. The van der Waals surface area contributed by atoms with Crippen LogP contribution in [0, 0.1) is 5.82 Å². The molecule has 0 bridgehead atoms. The SMILES string of the molecule is NC1(c2cc(F)cc(Br)c2O)CC1. The number of halogens is 2. The van der Waals surface area contributed by atoms with E-state index in [1.54, 1.807) is 0 Å². The monoisotopic (exact) mass is 245 g/mol. The maximum atomic E-state index is 13.0. The summed E-state index contributed by atoms with van der Waals surface area (Å²) in [5.41, 5.74) is 5.85. The molecule has 0 aliphatic heterocycles. The summed E-state index contributed by atoms with van der Waals surface area (Å²) in [6.07, 6.45) is 1.60. The Labute approximate surface area is 83.7 Å². The fourth-order valence-corrected chi connectivity index (χ4v) is 1.78. The van der Waals surface area contributed by atoms with Crippen molar-refractivity contribution in [1.29, 1.82) is 0 Å². The number of benzene rings is 1. The van der Waals surface area contributed by atoms with Crippen LogP contribution in [0.25, 0.3) is 0 Å². The zero-order valence-corrected chi connectivity index (χ0v) is 8.44. The Hall–Kier alpha value is -0.610. The van der Waals surface area contributed by atoms with E-state index in [1.165, 1.54) is 12.1 Å². The highest BCUT2D eigenvalue weighted by atomic mass is 79.9. The first-order valence-corrected chi connectivity index (χ1v) is 4.80. The summed E-state index contributed by atoms with van der Waals surface area (Å²) in [5, 5.41) is 9.60. The van der Waals surface area contributed by atoms with E-state index < -0.39 is 5.54 Å². The average molecular weight is 246 g/mol. The van der Waals surface area contributed by atoms with Crippen molar-refractivity contribution in [2.75, 3.05) is 0 Å². The van der Waals surface area contributed by atoms with Crippen LogP contribution in [0.1, 0.15) is 18.4 Å². The van der Waals surface area contributed by atoms with E-state index >= 15 is 0 Å². The molecular formula is C9H9BrFNO. The molecule has 1 aliphatic rings. The van der Waals surface area contributed by atoms with Gasteiger partial charge in [0.15, 0.2) is 0 Å². The van der Waals surface area contributed by atoms with Crippen molar-refractivity contribution >= 4 is 15.9 Å². The van der Waals surface area contributed by atoms with Crippen molar-refractivity contribution < 1.29 is 9.50 Å². The standard InChI is InChI=1S/C9H9BrFNO/c10-7-4-5(11)3-6(8(7)13)9(12)1-2-9/h3-4,13H,1-2,12H2. The van der Waals surface area contributed by atoms with E-state index in [-0.39, 0.29) is 11.6 Å². The van der Waals surface area contributed by atoms with Crippen LogP contribution in [-0.2, 0) is 5.54 Å². The summed E-state index contributed by atoms with van der Waals surface area (Å²) in [4.78, 5) is 0. The van der Waals surface area contributed by atoms with Crippen LogP contribution in [0.3, 0.4) is 0 Å². The van der Waals surface area contributed by atoms with Crippen molar-refractivity contribution in [2.24, 2.45) is 5.73 Å². The van der Waals surface area contributed by atoms with Gasteiger partial charge in [0.25, 0.3) is 0 Å². The second kappa shape index (κ2) is 2.69. The predicted octanol–water partition coefficient (Wildman–Crippen LogP) is 2.24. The Morgan fingerprint density at radius 3 is 2.62 bits per heavy atom. The van der Waals surface area contributed by atoms with Crippen LogP contribution in [0.2, 0.25) is 0 Å². The molecule has 0 atom stereocenters. The fourth-order valence-electron chi connectivity index (χ4n) is 1.35. The van der Waals surface area contributed by atoms with Crippen LogP contribution < -0.4 is 5.73 Å². The molecule has 0 saturated heterocycles. The van der Waals surface area contributed by atoms with Crippen LogP contribution in [0.4, 0.5) is 4.39 Å². The van der Waals surface area contributed by atoms with Crippen molar-refractivity contribution in [3.63, 3.8) is 0 Å². The summed E-state index contributed by atoms with van der Waals surface area (Å²) in [5.74, 6) is -0.321. The minimum absolute atomic E-state index is 0.0569. The zero-order chi connectivity index (χ0) is 9.64. The van der Waals surface area contributed by atoms with Crippen LogP contribution >= 0.6 is 15.9 Å². The van der Waals surface area contributed by atoms with Crippen molar-refractivity contribution in [2.45, 2.75) is 18.4 Å². The zero-order valence-electron chi connectivity index (χ0n) is 6.85. The number of hydrogen-bond acceptors (Lipinski definition) is 2. The van der Waals surface area contributed by atoms with E-state index in [0.29, 0.717) is 10.0 Å². The Morgan fingerprint density at radius 2 is 2.08 bits per heavy atom. The lowest BCUT2D eigenvalue weighted by molar-refractivity contribution is 0.453. The summed E-state index contributed by atoms with van der Waals surface area (Å²) in [7, 11) is 0.